The van der Waals surface area contributed by atoms with Crippen molar-refractivity contribution in [2.24, 2.45) is 0 Å². The van der Waals surface area contributed by atoms with Crippen LogP contribution in [0.5, 0.6) is 0 Å². The predicted octanol–water partition coefficient (Wildman–Crippen LogP) is 7.18. The van der Waals surface area contributed by atoms with Gasteiger partial charge in [0.05, 0.1) is 0 Å². The molecule has 0 atom stereocenters. The van der Waals surface area contributed by atoms with E-state index in [4.69, 9.17) is 0 Å². The van der Waals surface area contributed by atoms with Crippen molar-refractivity contribution in [3.05, 3.63) is 41.5 Å². The summed E-state index contributed by atoms with van der Waals surface area (Å²) in [5.74, 6) is 0. The summed E-state index contributed by atoms with van der Waals surface area (Å²) < 4.78 is 0. The van der Waals surface area contributed by atoms with Crippen molar-refractivity contribution in [3.8, 4) is 0 Å². The summed E-state index contributed by atoms with van der Waals surface area (Å²) in [5.41, 5.74) is 3.10. The first-order valence-corrected chi connectivity index (χ1v) is 11.7. The van der Waals surface area contributed by atoms with Crippen molar-refractivity contribution in [2.45, 2.75) is 32.4 Å². The molecule has 4 heteroatoms. The minimum absolute atomic E-state index is 1.18. The first-order chi connectivity index (χ1) is 10.9. The Labute approximate surface area is 144 Å². The normalized spacial score (nSPS) is 17.6. The van der Waals surface area contributed by atoms with Crippen LogP contribution in [0.4, 0.5) is 0 Å². The van der Waals surface area contributed by atoms with Gasteiger partial charge in [0.2, 0.25) is 0 Å². The summed E-state index contributed by atoms with van der Waals surface area (Å²) in [6, 6.07) is 8.94. The van der Waals surface area contributed by atoms with E-state index in [1.54, 1.807) is 15.8 Å². The average molecular weight is 355 g/mol. The number of benzene rings is 3. The number of hydrogen-bond donors (Lipinski definition) is 0. The van der Waals surface area contributed by atoms with E-state index in [0.717, 1.165) is 0 Å². The molecule has 22 heavy (non-hydrogen) atoms. The SMILES string of the molecule is C1=Cc2c(c3c4c(c5ccccc5c5c4c2SS5)SS3)CC1. The van der Waals surface area contributed by atoms with E-state index in [1.165, 1.54) is 49.3 Å². The summed E-state index contributed by atoms with van der Waals surface area (Å²) in [7, 11) is 7.88. The summed E-state index contributed by atoms with van der Waals surface area (Å²) in [4.78, 5) is 6.05. The van der Waals surface area contributed by atoms with Gasteiger partial charge in [-0.25, -0.2) is 0 Å². The fraction of sp³-hybridized carbons (Fsp3) is 0.111. The van der Waals surface area contributed by atoms with Gasteiger partial charge < -0.3 is 0 Å². The smallest absolute Gasteiger partial charge is 0.0356 e. The van der Waals surface area contributed by atoms with Gasteiger partial charge >= 0.3 is 0 Å². The highest BCUT2D eigenvalue weighted by Gasteiger charge is 2.33. The Morgan fingerprint density at radius 3 is 2.14 bits per heavy atom. The van der Waals surface area contributed by atoms with Gasteiger partial charge in [-0.2, -0.15) is 0 Å². The van der Waals surface area contributed by atoms with E-state index < -0.39 is 0 Å². The molecule has 0 saturated heterocycles. The lowest BCUT2D eigenvalue weighted by Crippen LogP contribution is -1.98. The molecular weight excluding hydrogens is 344 g/mol. The van der Waals surface area contributed by atoms with Crippen molar-refractivity contribution in [2.75, 3.05) is 0 Å². The second-order valence-electron chi connectivity index (χ2n) is 5.78. The Hall–Kier alpha value is -0.680. The third-order valence-electron chi connectivity index (χ3n) is 4.68. The van der Waals surface area contributed by atoms with Gasteiger partial charge in [-0.15, -0.1) is 0 Å². The highest BCUT2D eigenvalue weighted by Crippen LogP contribution is 2.65. The molecule has 3 aliphatic rings. The highest BCUT2D eigenvalue weighted by molar-refractivity contribution is 8.77. The van der Waals surface area contributed by atoms with Crippen LogP contribution in [0.25, 0.3) is 27.6 Å². The molecule has 0 spiro atoms. The Morgan fingerprint density at radius 1 is 0.727 bits per heavy atom. The first kappa shape index (κ1) is 12.7. The molecule has 3 aromatic rings. The van der Waals surface area contributed by atoms with E-state index in [-0.39, 0.29) is 0 Å². The molecule has 0 unspecified atom stereocenters. The van der Waals surface area contributed by atoms with Gasteiger partial charge in [0, 0.05) is 30.4 Å². The first-order valence-electron chi connectivity index (χ1n) is 7.36. The van der Waals surface area contributed by atoms with Crippen LogP contribution in [0, 0.1) is 0 Å². The Kier molecular flexibility index (Phi) is 2.57. The van der Waals surface area contributed by atoms with Crippen LogP contribution in [-0.2, 0) is 6.42 Å². The highest BCUT2D eigenvalue weighted by atomic mass is 33.1. The molecule has 0 bridgehead atoms. The molecule has 0 fully saturated rings. The van der Waals surface area contributed by atoms with Crippen LogP contribution in [-0.4, -0.2) is 0 Å². The maximum absolute atomic E-state index is 2.37. The maximum atomic E-state index is 2.37. The lowest BCUT2D eigenvalue weighted by Gasteiger charge is -2.17. The van der Waals surface area contributed by atoms with Gasteiger partial charge in [0.15, 0.2) is 0 Å². The number of rotatable bonds is 0. The lowest BCUT2D eigenvalue weighted by molar-refractivity contribution is 0.952. The van der Waals surface area contributed by atoms with E-state index in [2.05, 4.69) is 36.4 Å². The molecule has 2 heterocycles. The molecule has 2 aliphatic heterocycles. The van der Waals surface area contributed by atoms with Crippen LogP contribution in [0.2, 0.25) is 0 Å². The number of hydrogen-bond acceptors (Lipinski definition) is 4. The van der Waals surface area contributed by atoms with Crippen molar-refractivity contribution in [1.82, 2.24) is 0 Å². The van der Waals surface area contributed by atoms with Crippen LogP contribution < -0.4 is 0 Å². The second kappa shape index (κ2) is 4.44. The molecule has 0 aromatic heterocycles. The molecule has 0 amide bonds. The summed E-state index contributed by atoms with van der Waals surface area (Å²) in [6.45, 7) is 0. The number of fused-ring (bicyclic) bond motifs is 6. The van der Waals surface area contributed by atoms with Crippen molar-refractivity contribution in [3.63, 3.8) is 0 Å². The maximum Gasteiger partial charge on any atom is 0.0356 e. The minimum Gasteiger partial charge on any atom is -0.0836 e. The van der Waals surface area contributed by atoms with Gasteiger partial charge in [-0.05, 0) is 34.7 Å². The molecule has 0 N–H and O–H groups in total. The van der Waals surface area contributed by atoms with Crippen LogP contribution in [0.1, 0.15) is 17.5 Å². The van der Waals surface area contributed by atoms with Gasteiger partial charge in [-0.3, -0.25) is 0 Å². The lowest BCUT2D eigenvalue weighted by atomic mass is 9.92. The van der Waals surface area contributed by atoms with E-state index in [0.29, 0.717) is 0 Å². The van der Waals surface area contributed by atoms with Crippen LogP contribution in [0.15, 0.2) is 49.9 Å². The predicted molar refractivity (Wildman–Crippen MR) is 102 cm³/mol. The van der Waals surface area contributed by atoms with Crippen molar-refractivity contribution in [1.29, 1.82) is 0 Å². The molecule has 1 aliphatic carbocycles. The molecule has 106 valence electrons. The fourth-order valence-electron chi connectivity index (χ4n) is 3.73. The molecule has 0 radical (unpaired) electrons. The molecule has 6 rings (SSSR count). The minimum atomic E-state index is 1.18. The number of allylic oxidation sites excluding steroid dienone is 1. The molecule has 0 nitrogen and oxygen atoms in total. The Morgan fingerprint density at radius 2 is 1.36 bits per heavy atom. The van der Waals surface area contributed by atoms with Gasteiger partial charge in [-0.1, -0.05) is 79.6 Å². The van der Waals surface area contributed by atoms with Crippen LogP contribution >= 0.6 is 43.2 Å². The van der Waals surface area contributed by atoms with Gasteiger partial charge in [0.1, 0.15) is 0 Å². The molecule has 0 saturated carbocycles. The van der Waals surface area contributed by atoms with E-state index in [9.17, 15) is 0 Å². The third kappa shape index (κ3) is 1.43. The largest absolute Gasteiger partial charge is 0.0836 e. The summed E-state index contributed by atoms with van der Waals surface area (Å²) >= 11 is 0. The Balaban J connectivity index is 1.95. The van der Waals surface area contributed by atoms with E-state index >= 15 is 0 Å². The Bertz CT molecular complexity index is 1030. The zero-order valence-electron chi connectivity index (χ0n) is 11.5. The summed E-state index contributed by atoms with van der Waals surface area (Å²) in [5, 5.41) is 5.95. The average Bonchev–Trinajstić information content (AvgIpc) is 3.19. The quantitative estimate of drug-likeness (QED) is 0.309. The monoisotopic (exact) mass is 354 g/mol. The molecular formula is C18H10S4. The zero-order chi connectivity index (χ0) is 14.3. The third-order valence-corrected chi connectivity index (χ3v) is 9.74. The fourth-order valence-corrected chi connectivity index (χ4v) is 9.58. The topological polar surface area (TPSA) is 0 Å². The molecule has 3 aromatic carbocycles. The second-order valence-corrected chi connectivity index (χ2v) is 10.1. The van der Waals surface area contributed by atoms with Crippen molar-refractivity contribution >= 4 is 70.8 Å². The summed E-state index contributed by atoms with van der Waals surface area (Å²) in [6.07, 6.45) is 7.09. The van der Waals surface area contributed by atoms with Gasteiger partial charge in [0.25, 0.3) is 0 Å². The zero-order valence-corrected chi connectivity index (χ0v) is 14.8. The van der Waals surface area contributed by atoms with Crippen LogP contribution in [0.3, 0.4) is 0 Å². The standard InChI is InChI=1S/C18H10S4/c1-2-6-10-9(5-1)15-13-14-16(10)20-22-18(14)12-8-4-3-7-11(12)17(13)21-19-15/h1-3,5-7H,4,8H2. The van der Waals surface area contributed by atoms with Crippen molar-refractivity contribution < 1.29 is 0 Å². The van der Waals surface area contributed by atoms with E-state index in [1.807, 2.05) is 43.2 Å².